The van der Waals surface area contributed by atoms with E-state index in [-0.39, 0.29) is 5.91 Å². The monoisotopic (exact) mass is 413 g/mol. The molecule has 0 aliphatic rings. The maximum absolute atomic E-state index is 12.3. The molecule has 3 heteroatoms. The summed E-state index contributed by atoms with van der Waals surface area (Å²) in [6.07, 6.45) is 4.54. The fraction of sp³-hybridized carbons (Fsp3) is 0.286. The first-order valence-electron chi connectivity index (χ1n) is 11.0. The van der Waals surface area contributed by atoms with E-state index in [9.17, 15) is 9.59 Å². The highest BCUT2D eigenvalue weighted by molar-refractivity contribution is 5.78. The highest BCUT2D eigenvalue weighted by Crippen LogP contribution is 2.25. The molecule has 0 saturated carbocycles. The Morgan fingerprint density at radius 1 is 0.903 bits per heavy atom. The van der Waals surface area contributed by atoms with Gasteiger partial charge >= 0.3 is 0 Å². The Morgan fingerprint density at radius 2 is 1.58 bits per heavy atom. The van der Waals surface area contributed by atoms with Gasteiger partial charge in [-0.2, -0.15) is 0 Å². The van der Waals surface area contributed by atoms with Gasteiger partial charge in [0.25, 0.3) is 0 Å². The molecule has 0 saturated heterocycles. The van der Waals surface area contributed by atoms with Crippen molar-refractivity contribution >= 4 is 12.2 Å². The normalized spacial score (nSPS) is 11.6. The highest BCUT2D eigenvalue weighted by atomic mass is 16.1. The number of rotatable bonds is 11. The summed E-state index contributed by atoms with van der Waals surface area (Å²) in [6, 6.07) is 26.9. The molecular weight excluding hydrogens is 382 g/mol. The van der Waals surface area contributed by atoms with Crippen molar-refractivity contribution in [3.63, 3.8) is 0 Å². The van der Waals surface area contributed by atoms with Crippen LogP contribution in [0.25, 0.3) is 0 Å². The van der Waals surface area contributed by atoms with E-state index in [1.54, 1.807) is 0 Å². The first-order chi connectivity index (χ1) is 15.2. The number of nitrogens with one attached hydrogen (secondary N) is 1. The Balaban J connectivity index is 1.51. The van der Waals surface area contributed by atoms with Crippen LogP contribution in [0.2, 0.25) is 0 Å². The van der Waals surface area contributed by atoms with Crippen molar-refractivity contribution < 1.29 is 9.59 Å². The minimum atomic E-state index is 0.0504. The Kier molecular flexibility index (Phi) is 8.59. The SMILES string of the molecule is Cc1ccccc1CCNC(=O)Cc1ccc(CC(CCC=O)c2ccccc2)cc1. The van der Waals surface area contributed by atoms with Crippen LogP contribution in [0.4, 0.5) is 0 Å². The van der Waals surface area contributed by atoms with Crippen LogP contribution >= 0.6 is 0 Å². The molecule has 0 aliphatic heterocycles. The van der Waals surface area contributed by atoms with E-state index >= 15 is 0 Å². The van der Waals surface area contributed by atoms with Gasteiger partial charge in [0, 0.05) is 13.0 Å². The van der Waals surface area contributed by atoms with Gasteiger partial charge in [-0.3, -0.25) is 4.79 Å². The Morgan fingerprint density at radius 3 is 2.29 bits per heavy atom. The molecule has 0 radical (unpaired) electrons. The number of carbonyl (C=O) groups excluding carboxylic acids is 2. The van der Waals surface area contributed by atoms with Crippen molar-refractivity contribution in [2.24, 2.45) is 0 Å². The first-order valence-corrected chi connectivity index (χ1v) is 11.0. The molecule has 1 amide bonds. The predicted molar refractivity (Wildman–Crippen MR) is 126 cm³/mol. The maximum Gasteiger partial charge on any atom is 0.224 e. The van der Waals surface area contributed by atoms with Gasteiger partial charge in [-0.1, -0.05) is 78.9 Å². The molecule has 3 rings (SSSR count). The second-order valence-electron chi connectivity index (χ2n) is 8.08. The predicted octanol–water partition coefficient (Wildman–Crippen LogP) is 5.20. The van der Waals surface area contributed by atoms with Crippen molar-refractivity contribution in [3.8, 4) is 0 Å². The zero-order chi connectivity index (χ0) is 21.9. The third-order valence-corrected chi connectivity index (χ3v) is 5.75. The Labute approximate surface area is 185 Å². The van der Waals surface area contributed by atoms with E-state index < -0.39 is 0 Å². The van der Waals surface area contributed by atoms with Crippen molar-refractivity contribution in [2.45, 2.75) is 44.9 Å². The third-order valence-electron chi connectivity index (χ3n) is 5.75. The number of aldehydes is 1. The van der Waals surface area contributed by atoms with Gasteiger partial charge in [0.2, 0.25) is 5.91 Å². The van der Waals surface area contributed by atoms with E-state index in [0.29, 0.717) is 25.3 Å². The quantitative estimate of drug-likeness (QED) is 0.439. The lowest BCUT2D eigenvalue weighted by Gasteiger charge is -2.17. The summed E-state index contributed by atoms with van der Waals surface area (Å²) in [5.74, 6) is 0.372. The van der Waals surface area contributed by atoms with E-state index in [1.807, 2.05) is 42.5 Å². The van der Waals surface area contributed by atoms with Gasteiger partial charge in [0.1, 0.15) is 6.29 Å². The van der Waals surface area contributed by atoms with Crippen molar-refractivity contribution in [2.75, 3.05) is 6.54 Å². The molecule has 160 valence electrons. The summed E-state index contributed by atoms with van der Waals surface area (Å²) in [4.78, 5) is 23.2. The number of hydrogen-bond acceptors (Lipinski definition) is 2. The lowest BCUT2D eigenvalue weighted by molar-refractivity contribution is -0.120. The van der Waals surface area contributed by atoms with Crippen LogP contribution in [-0.2, 0) is 28.9 Å². The summed E-state index contributed by atoms with van der Waals surface area (Å²) < 4.78 is 0. The molecule has 1 N–H and O–H groups in total. The molecule has 0 heterocycles. The lowest BCUT2D eigenvalue weighted by atomic mass is 9.88. The Bertz CT molecular complexity index is 964. The van der Waals surface area contributed by atoms with Gasteiger partial charge in [0.15, 0.2) is 0 Å². The second kappa shape index (κ2) is 11.8. The second-order valence-corrected chi connectivity index (χ2v) is 8.08. The summed E-state index contributed by atoms with van der Waals surface area (Å²) >= 11 is 0. The third kappa shape index (κ3) is 7.21. The van der Waals surface area contributed by atoms with Crippen LogP contribution in [-0.4, -0.2) is 18.7 Å². The molecule has 0 aliphatic carbocycles. The molecule has 0 aromatic heterocycles. The summed E-state index contributed by atoms with van der Waals surface area (Å²) in [7, 11) is 0. The number of benzene rings is 3. The maximum atomic E-state index is 12.3. The molecule has 3 nitrogen and oxygen atoms in total. The minimum absolute atomic E-state index is 0.0504. The molecule has 3 aromatic rings. The largest absolute Gasteiger partial charge is 0.355 e. The van der Waals surface area contributed by atoms with E-state index in [1.165, 1.54) is 22.3 Å². The first kappa shape index (κ1) is 22.5. The smallest absolute Gasteiger partial charge is 0.224 e. The van der Waals surface area contributed by atoms with E-state index in [0.717, 1.165) is 31.1 Å². The fourth-order valence-electron chi connectivity index (χ4n) is 3.93. The van der Waals surface area contributed by atoms with Crippen LogP contribution in [0.1, 0.15) is 46.6 Å². The van der Waals surface area contributed by atoms with E-state index in [2.05, 4.69) is 48.6 Å². The molecule has 1 unspecified atom stereocenters. The number of amides is 1. The van der Waals surface area contributed by atoms with Crippen LogP contribution in [0.5, 0.6) is 0 Å². The molecule has 0 bridgehead atoms. The zero-order valence-corrected chi connectivity index (χ0v) is 18.2. The molecule has 0 fully saturated rings. The summed E-state index contributed by atoms with van der Waals surface area (Å²) in [5, 5.41) is 3.03. The van der Waals surface area contributed by atoms with Crippen molar-refractivity contribution in [1.82, 2.24) is 5.32 Å². The molecule has 0 spiro atoms. The van der Waals surface area contributed by atoms with E-state index in [4.69, 9.17) is 0 Å². The molecule has 1 atom stereocenters. The van der Waals surface area contributed by atoms with Gasteiger partial charge in [-0.25, -0.2) is 0 Å². The van der Waals surface area contributed by atoms with Gasteiger partial charge < -0.3 is 10.1 Å². The molecule has 31 heavy (non-hydrogen) atoms. The molecular formula is C28H31NO2. The Hall–Kier alpha value is -3.20. The highest BCUT2D eigenvalue weighted by Gasteiger charge is 2.12. The average molecular weight is 414 g/mol. The zero-order valence-electron chi connectivity index (χ0n) is 18.2. The average Bonchev–Trinajstić information content (AvgIpc) is 2.79. The standard InChI is InChI=1S/C28H31NO2/c1-22-8-5-6-9-25(22)17-18-29-28(31)21-24-15-13-23(14-16-24)20-27(12-7-19-30)26-10-3-2-4-11-26/h2-6,8-11,13-16,19,27H,7,12,17-18,20-21H2,1H3,(H,29,31). The number of aryl methyl sites for hydroxylation is 1. The van der Waals surface area contributed by atoms with Crippen LogP contribution in [0.15, 0.2) is 78.9 Å². The number of hydrogen-bond donors (Lipinski definition) is 1. The fourth-order valence-corrected chi connectivity index (χ4v) is 3.93. The topological polar surface area (TPSA) is 46.2 Å². The van der Waals surface area contributed by atoms with Crippen molar-refractivity contribution in [3.05, 3.63) is 107 Å². The lowest BCUT2D eigenvalue weighted by Crippen LogP contribution is -2.27. The minimum Gasteiger partial charge on any atom is -0.355 e. The summed E-state index contributed by atoms with van der Waals surface area (Å²) in [6.45, 7) is 2.75. The van der Waals surface area contributed by atoms with Crippen LogP contribution in [0, 0.1) is 6.92 Å². The van der Waals surface area contributed by atoms with Crippen LogP contribution < -0.4 is 5.32 Å². The van der Waals surface area contributed by atoms with Crippen LogP contribution in [0.3, 0.4) is 0 Å². The number of carbonyl (C=O) groups is 2. The molecule has 3 aromatic carbocycles. The summed E-state index contributed by atoms with van der Waals surface area (Å²) in [5.41, 5.74) is 6.04. The van der Waals surface area contributed by atoms with Gasteiger partial charge in [0.05, 0.1) is 6.42 Å². The van der Waals surface area contributed by atoms with Gasteiger partial charge in [-0.15, -0.1) is 0 Å². The van der Waals surface area contributed by atoms with Gasteiger partial charge in [-0.05, 0) is 59.9 Å². The van der Waals surface area contributed by atoms with Crippen molar-refractivity contribution in [1.29, 1.82) is 0 Å².